The SMILES string of the molecule is COc1ccc(C(NC(=O)NCCC(=O)O)c2ccc(C(F)(F)F)cc2)cc1. The Morgan fingerprint density at radius 1 is 1.04 bits per heavy atom. The zero-order valence-corrected chi connectivity index (χ0v) is 14.9. The summed E-state index contributed by atoms with van der Waals surface area (Å²) in [5.74, 6) is -0.476. The second-order valence-electron chi connectivity index (χ2n) is 5.87. The van der Waals surface area contributed by atoms with E-state index in [9.17, 15) is 22.8 Å². The summed E-state index contributed by atoms with van der Waals surface area (Å²) in [5, 5.41) is 13.7. The van der Waals surface area contributed by atoms with Crippen molar-refractivity contribution in [1.82, 2.24) is 10.6 Å². The van der Waals surface area contributed by atoms with Crippen LogP contribution in [0, 0.1) is 0 Å². The molecule has 0 aromatic heterocycles. The van der Waals surface area contributed by atoms with Crippen LogP contribution in [0.5, 0.6) is 5.75 Å². The van der Waals surface area contributed by atoms with Crippen molar-refractivity contribution >= 4 is 12.0 Å². The molecule has 2 aromatic rings. The maximum atomic E-state index is 12.8. The number of carbonyl (C=O) groups is 2. The first kappa shape index (κ1) is 21.1. The Morgan fingerprint density at radius 2 is 1.57 bits per heavy atom. The molecule has 0 saturated heterocycles. The fraction of sp³-hybridized carbons (Fsp3) is 0.263. The molecule has 1 atom stereocenters. The zero-order chi connectivity index (χ0) is 20.7. The number of ether oxygens (including phenoxy) is 1. The number of hydrogen-bond acceptors (Lipinski definition) is 3. The zero-order valence-electron chi connectivity index (χ0n) is 14.9. The molecule has 0 saturated carbocycles. The van der Waals surface area contributed by atoms with E-state index in [2.05, 4.69) is 10.6 Å². The van der Waals surface area contributed by atoms with Gasteiger partial charge in [-0.3, -0.25) is 4.79 Å². The van der Waals surface area contributed by atoms with E-state index in [-0.39, 0.29) is 13.0 Å². The summed E-state index contributed by atoms with van der Waals surface area (Å²) in [7, 11) is 1.50. The number of urea groups is 1. The number of nitrogens with one attached hydrogen (secondary N) is 2. The summed E-state index contributed by atoms with van der Waals surface area (Å²) in [5.41, 5.74) is 0.260. The highest BCUT2D eigenvalue weighted by Gasteiger charge is 2.30. The molecule has 0 aliphatic carbocycles. The smallest absolute Gasteiger partial charge is 0.416 e. The van der Waals surface area contributed by atoms with Gasteiger partial charge in [0.05, 0.1) is 25.1 Å². The van der Waals surface area contributed by atoms with Gasteiger partial charge >= 0.3 is 18.2 Å². The summed E-state index contributed by atoms with van der Waals surface area (Å²) >= 11 is 0. The summed E-state index contributed by atoms with van der Waals surface area (Å²) in [6.45, 7) is -0.0799. The second kappa shape index (κ2) is 9.12. The molecule has 6 nitrogen and oxygen atoms in total. The minimum absolute atomic E-state index is 0.0799. The quantitative estimate of drug-likeness (QED) is 0.668. The third-order valence-corrected chi connectivity index (χ3v) is 3.92. The van der Waals surface area contributed by atoms with E-state index >= 15 is 0 Å². The van der Waals surface area contributed by atoms with Crippen molar-refractivity contribution in [3.8, 4) is 5.75 Å². The van der Waals surface area contributed by atoms with Gasteiger partial charge in [0.2, 0.25) is 0 Å². The van der Waals surface area contributed by atoms with Gasteiger partial charge in [0.15, 0.2) is 0 Å². The topological polar surface area (TPSA) is 87.7 Å². The summed E-state index contributed by atoms with van der Waals surface area (Å²) in [6.07, 6.45) is -4.71. The van der Waals surface area contributed by atoms with Crippen LogP contribution >= 0.6 is 0 Å². The minimum Gasteiger partial charge on any atom is -0.497 e. The summed E-state index contributed by atoms with van der Waals surface area (Å²) < 4.78 is 43.5. The highest BCUT2D eigenvalue weighted by Crippen LogP contribution is 2.31. The van der Waals surface area contributed by atoms with E-state index in [0.717, 1.165) is 12.1 Å². The van der Waals surface area contributed by atoms with Crippen LogP contribution in [-0.2, 0) is 11.0 Å². The molecule has 3 N–H and O–H groups in total. The van der Waals surface area contributed by atoms with Crippen LogP contribution < -0.4 is 15.4 Å². The van der Waals surface area contributed by atoms with Crippen molar-refractivity contribution in [3.63, 3.8) is 0 Å². The average molecular weight is 396 g/mol. The van der Waals surface area contributed by atoms with Crippen LogP contribution in [0.2, 0.25) is 0 Å². The van der Waals surface area contributed by atoms with Gasteiger partial charge in [-0.1, -0.05) is 24.3 Å². The minimum atomic E-state index is -4.46. The number of methoxy groups -OCH3 is 1. The third-order valence-electron chi connectivity index (χ3n) is 3.92. The predicted octanol–water partition coefficient (Wildman–Crippen LogP) is 3.58. The van der Waals surface area contributed by atoms with Gasteiger partial charge in [-0.05, 0) is 35.4 Å². The Hall–Kier alpha value is -3.23. The number of amides is 2. The van der Waals surface area contributed by atoms with Gasteiger partial charge in [-0.25, -0.2) is 4.79 Å². The Morgan fingerprint density at radius 3 is 2.04 bits per heavy atom. The first-order valence-electron chi connectivity index (χ1n) is 8.28. The first-order valence-corrected chi connectivity index (χ1v) is 8.28. The van der Waals surface area contributed by atoms with Gasteiger partial charge in [0.25, 0.3) is 0 Å². The second-order valence-corrected chi connectivity index (χ2v) is 5.87. The van der Waals surface area contributed by atoms with E-state index < -0.39 is 29.8 Å². The number of benzene rings is 2. The van der Waals surface area contributed by atoms with E-state index in [0.29, 0.717) is 16.9 Å². The molecule has 0 spiro atoms. The number of rotatable bonds is 7. The molecule has 150 valence electrons. The molecule has 2 amide bonds. The molecule has 2 rings (SSSR count). The Kier molecular flexibility index (Phi) is 6.86. The Labute approximate surface area is 159 Å². The first-order chi connectivity index (χ1) is 13.2. The van der Waals surface area contributed by atoms with Gasteiger partial charge in [-0.15, -0.1) is 0 Å². The van der Waals surface area contributed by atoms with Gasteiger partial charge in [-0.2, -0.15) is 13.2 Å². The van der Waals surface area contributed by atoms with Crippen LogP contribution in [0.15, 0.2) is 48.5 Å². The lowest BCUT2D eigenvalue weighted by molar-refractivity contribution is -0.138. The molecule has 0 fully saturated rings. The molecule has 0 aliphatic rings. The number of aliphatic carboxylic acids is 1. The van der Waals surface area contributed by atoms with Crippen molar-refractivity contribution in [2.45, 2.75) is 18.6 Å². The van der Waals surface area contributed by atoms with Crippen molar-refractivity contribution in [2.24, 2.45) is 0 Å². The van der Waals surface area contributed by atoms with Gasteiger partial charge < -0.3 is 20.5 Å². The number of halogens is 3. The summed E-state index contributed by atoms with van der Waals surface area (Å²) in [6, 6.07) is 9.76. The van der Waals surface area contributed by atoms with Gasteiger partial charge in [0, 0.05) is 6.54 Å². The molecular formula is C19H19F3N2O4. The molecule has 0 bridgehead atoms. The lowest BCUT2D eigenvalue weighted by atomic mass is 9.97. The van der Waals surface area contributed by atoms with Gasteiger partial charge in [0.1, 0.15) is 5.75 Å². The maximum absolute atomic E-state index is 12.8. The lowest BCUT2D eigenvalue weighted by Gasteiger charge is -2.21. The molecule has 1 unspecified atom stereocenters. The monoisotopic (exact) mass is 396 g/mol. The van der Waals surface area contributed by atoms with E-state index in [1.165, 1.54) is 19.2 Å². The number of carboxylic acid groups (broad SMARTS) is 1. The highest BCUT2D eigenvalue weighted by atomic mass is 19.4. The van der Waals surface area contributed by atoms with E-state index in [1.54, 1.807) is 24.3 Å². The number of carbonyl (C=O) groups excluding carboxylic acids is 1. The van der Waals surface area contributed by atoms with Crippen molar-refractivity contribution in [1.29, 1.82) is 0 Å². The van der Waals surface area contributed by atoms with Crippen molar-refractivity contribution < 1.29 is 32.6 Å². The fourth-order valence-electron chi connectivity index (χ4n) is 2.49. The van der Waals surface area contributed by atoms with Crippen LogP contribution in [0.1, 0.15) is 29.2 Å². The number of hydrogen-bond donors (Lipinski definition) is 3. The maximum Gasteiger partial charge on any atom is 0.416 e. The number of alkyl halides is 3. The molecule has 0 radical (unpaired) electrons. The van der Waals surface area contributed by atoms with Crippen molar-refractivity contribution in [3.05, 3.63) is 65.2 Å². The Balaban J connectivity index is 2.25. The third kappa shape index (κ3) is 5.90. The molecule has 0 heterocycles. The highest BCUT2D eigenvalue weighted by molar-refractivity contribution is 5.76. The van der Waals surface area contributed by atoms with E-state index in [4.69, 9.17) is 9.84 Å². The fourth-order valence-corrected chi connectivity index (χ4v) is 2.49. The lowest BCUT2D eigenvalue weighted by Crippen LogP contribution is -2.39. The predicted molar refractivity (Wildman–Crippen MR) is 95.1 cm³/mol. The van der Waals surface area contributed by atoms with Crippen molar-refractivity contribution in [2.75, 3.05) is 13.7 Å². The van der Waals surface area contributed by atoms with Crippen LogP contribution in [0.4, 0.5) is 18.0 Å². The average Bonchev–Trinajstić information content (AvgIpc) is 2.65. The number of carboxylic acids is 1. The molecule has 9 heteroatoms. The van der Waals surface area contributed by atoms with E-state index in [1.807, 2.05) is 0 Å². The molecule has 2 aromatic carbocycles. The summed E-state index contributed by atoms with van der Waals surface area (Å²) in [4.78, 5) is 22.7. The molecule has 28 heavy (non-hydrogen) atoms. The standard InChI is InChI=1S/C19H19F3N2O4/c1-28-15-8-4-13(5-9-15)17(24-18(27)23-11-10-16(25)26)12-2-6-14(7-3-12)19(20,21)22/h2-9,17H,10-11H2,1H3,(H,25,26)(H2,23,24,27). The Bertz CT molecular complexity index is 805. The van der Waals surface area contributed by atoms with Crippen LogP contribution in [-0.4, -0.2) is 30.8 Å². The largest absolute Gasteiger partial charge is 0.497 e. The normalized spacial score (nSPS) is 12.1. The van der Waals surface area contributed by atoms with Crippen LogP contribution in [0.25, 0.3) is 0 Å². The molecule has 0 aliphatic heterocycles. The molecular weight excluding hydrogens is 377 g/mol. The van der Waals surface area contributed by atoms with Crippen LogP contribution in [0.3, 0.4) is 0 Å².